The minimum Gasteiger partial charge on any atom is -0.495 e. The van der Waals surface area contributed by atoms with Gasteiger partial charge in [-0.3, -0.25) is 19.2 Å². The Morgan fingerprint density at radius 2 is 1.53 bits per heavy atom. The number of nitrogens with one attached hydrogen (secondary N) is 2. The Morgan fingerprint density at radius 1 is 0.855 bits per heavy atom. The first-order valence-electron chi connectivity index (χ1n) is 18.8. The maximum atomic E-state index is 14.1. The van der Waals surface area contributed by atoms with Crippen molar-refractivity contribution >= 4 is 51.7 Å². The van der Waals surface area contributed by atoms with Gasteiger partial charge in [-0.1, -0.05) is 72.7 Å². The third-order valence-electron chi connectivity index (χ3n) is 10.4. The van der Waals surface area contributed by atoms with E-state index in [1.807, 2.05) is 13.0 Å². The lowest BCUT2D eigenvalue weighted by molar-refractivity contribution is -0.131. The summed E-state index contributed by atoms with van der Waals surface area (Å²) in [5, 5.41) is 5.57. The molecule has 11 nitrogen and oxygen atoms in total. The van der Waals surface area contributed by atoms with Crippen LogP contribution in [0.15, 0.2) is 74.7 Å². The van der Waals surface area contributed by atoms with E-state index < -0.39 is 33.8 Å². The molecule has 0 aliphatic rings. The molecule has 1 heterocycles. The summed E-state index contributed by atoms with van der Waals surface area (Å²) in [4.78, 5) is 68.1. The largest absolute Gasteiger partial charge is 0.495 e. The van der Waals surface area contributed by atoms with Crippen LogP contribution < -0.4 is 31.4 Å². The molecule has 0 spiro atoms. The van der Waals surface area contributed by atoms with Crippen molar-refractivity contribution < 1.29 is 28.3 Å². The zero-order valence-corrected chi connectivity index (χ0v) is 34.5. The Hall–Kier alpha value is -4.84. The van der Waals surface area contributed by atoms with Crippen LogP contribution in [0, 0.1) is 0 Å². The van der Waals surface area contributed by atoms with Crippen LogP contribution in [0.5, 0.6) is 11.5 Å². The van der Waals surface area contributed by atoms with Crippen LogP contribution in [0.4, 0.5) is 11.4 Å². The van der Waals surface area contributed by atoms with Gasteiger partial charge in [0.1, 0.15) is 17.1 Å². The molecule has 55 heavy (non-hydrogen) atoms. The minimum atomic E-state index is -1.87. The third-order valence-corrected chi connectivity index (χ3v) is 11.6. The molecule has 1 unspecified atom stereocenters. The van der Waals surface area contributed by atoms with Crippen molar-refractivity contribution in [2.45, 2.75) is 110 Å². The van der Waals surface area contributed by atoms with Crippen molar-refractivity contribution in [1.82, 2.24) is 4.57 Å². The van der Waals surface area contributed by atoms with Crippen LogP contribution >= 0.6 is 11.8 Å². The molecule has 1 aromatic heterocycles. The number of hydrogen-bond acceptors (Lipinski definition) is 9. The lowest BCUT2D eigenvalue weighted by Crippen LogP contribution is -2.49. The zero-order chi connectivity index (χ0) is 40.7. The van der Waals surface area contributed by atoms with Crippen LogP contribution in [0.1, 0.15) is 105 Å². The summed E-state index contributed by atoms with van der Waals surface area (Å²) in [5.41, 5.74) is 2.03. The first-order valence-corrected chi connectivity index (χ1v) is 19.8. The number of carbonyl (C=O) groups is 3. The number of hydrogen-bond donors (Lipinski definition) is 2. The normalized spacial score (nSPS) is 12.6. The summed E-state index contributed by atoms with van der Waals surface area (Å²) in [5.74, 6) is -1.45. The van der Waals surface area contributed by atoms with E-state index in [1.54, 1.807) is 38.1 Å². The second-order valence-corrected chi connectivity index (χ2v) is 17.2. The van der Waals surface area contributed by atoms with E-state index >= 15 is 0 Å². The SMILES string of the molecule is CCSC(C)(C)C(=O)C(C(=O)Nc1cc(NC(=O)CCCOc2ccc(C(C)(C)CC)cc2C(C)(C)CC)ccc1OC)n1c(=O)oc2ccccc2c1=O. The fraction of sp³-hybridized carbons (Fsp3) is 0.465. The number of aromatic nitrogens is 1. The predicted octanol–water partition coefficient (Wildman–Crippen LogP) is 8.42. The molecule has 4 aromatic rings. The average Bonchev–Trinajstić information content (AvgIpc) is 3.14. The number of nitrogens with zero attached hydrogens (tertiary/aromatic N) is 1. The second kappa shape index (κ2) is 17.7. The highest BCUT2D eigenvalue weighted by molar-refractivity contribution is 8.01. The molecule has 1 atom stereocenters. The van der Waals surface area contributed by atoms with Gasteiger partial charge >= 0.3 is 5.76 Å². The molecule has 296 valence electrons. The van der Waals surface area contributed by atoms with Crippen LogP contribution in [0.2, 0.25) is 0 Å². The van der Waals surface area contributed by atoms with Gasteiger partial charge in [0.15, 0.2) is 11.8 Å². The van der Waals surface area contributed by atoms with Crippen molar-refractivity contribution in [3.63, 3.8) is 0 Å². The number of rotatable bonds is 18. The van der Waals surface area contributed by atoms with Gasteiger partial charge in [0.25, 0.3) is 11.5 Å². The number of amides is 2. The van der Waals surface area contributed by atoms with E-state index in [4.69, 9.17) is 13.9 Å². The van der Waals surface area contributed by atoms with Gasteiger partial charge in [0.2, 0.25) is 5.91 Å². The third kappa shape index (κ3) is 9.89. The molecular formula is C43H55N3O8S. The first kappa shape index (κ1) is 42.9. The minimum absolute atomic E-state index is 0.0367. The van der Waals surface area contributed by atoms with Gasteiger partial charge in [-0.15, -0.1) is 11.8 Å². The first-order chi connectivity index (χ1) is 25.9. The molecule has 0 fully saturated rings. The number of benzene rings is 3. The number of ether oxygens (including phenoxy) is 2. The number of anilines is 2. The number of carbonyl (C=O) groups excluding carboxylic acids is 3. The maximum Gasteiger partial charge on any atom is 0.423 e. The van der Waals surface area contributed by atoms with Crippen LogP contribution in [-0.2, 0) is 25.2 Å². The predicted molar refractivity (Wildman–Crippen MR) is 221 cm³/mol. The average molecular weight is 774 g/mol. The summed E-state index contributed by atoms with van der Waals surface area (Å²) < 4.78 is 16.5. The number of methoxy groups -OCH3 is 1. The molecule has 0 aliphatic carbocycles. The molecular weight excluding hydrogens is 719 g/mol. The summed E-state index contributed by atoms with van der Waals surface area (Å²) >= 11 is 1.27. The molecule has 0 bridgehead atoms. The molecule has 4 rings (SSSR count). The van der Waals surface area contributed by atoms with Gasteiger partial charge in [-0.05, 0) is 91.7 Å². The summed E-state index contributed by atoms with van der Waals surface area (Å²) in [6, 6.07) is 15.3. The Morgan fingerprint density at radius 3 is 2.18 bits per heavy atom. The number of para-hydroxylation sites is 1. The van der Waals surface area contributed by atoms with Gasteiger partial charge in [-0.2, -0.15) is 0 Å². The number of Topliss-reactive ketones (excluding diaryl/α,β-unsaturated/α-hetero) is 1. The highest BCUT2D eigenvalue weighted by atomic mass is 32.2. The van der Waals surface area contributed by atoms with E-state index in [9.17, 15) is 24.0 Å². The topological polar surface area (TPSA) is 146 Å². The maximum absolute atomic E-state index is 14.1. The van der Waals surface area contributed by atoms with E-state index in [2.05, 4.69) is 64.3 Å². The Labute approximate surface area is 327 Å². The van der Waals surface area contributed by atoms with E-state index in [-0.39, 0.29) is 45.6 Å². The Balaban J connectivity index is 1.53. The van der Waals surface area contributed by atoms with Crippen LogP contribution in [-0.4, -0.2) is 46.4 Å². The number of ketones is 1. The van der Waals surface area contributed by atoms with Crippen molar-refractivity contribution in [1.29, 1.82) is 0 Å². The summed E-state index contributed by atoms with van der Waals surface area (Å²) in [6.45, 7) is 18.7. The van der Waals surface area contributed by atoms with Gasteiger partial charge in [-0.25, -0.2) is 9.36 Å². The summed E-state index contributed by atoms with van der Waals surface area (Å²) in [6.07, 6.45) is 2.58. The summed E-state index contributed by atoms with van der Waals surface area (Å²) in [7, 11) is 1.40. The molecule has 2 amide bonds. The smallest absolute Gasteiger partial charge is 0.423 e. The van der Waals surface area contributed by atoms with E-state index in [0.29, 0.717) is 29.0 Å². The molecule has 0 saturated carbocycles. The van der Waals surface area contributed by atoms with Crippen molar-refractivity contribution in [2.75, 3.05) is 30.1 Å². The lowest BCUT2D eigenvalue weighted by Gasteiger charge is -2.30. The van der Waals surface area contributed by atoms with Crippen molar-refractivity contribution in [3.05, 3.63) is 92.7 Å². The standard InChI is InChI=1S/C43H55N3O8S/c1-11-41(4,5)27-20-22-33(30(25-27)42(6,7)12-2)53-24-16-19-35(47)44-28-21-23-34(52-10)31(26-28)45-38(49)36(37(48)43(8,9)55-13-3)46-39(50)29-17-14-15-18-32(29)54-40(46)51/h14-15,17-18,20-23,25-26,36H,11-13,16,19,24H2,1-10H3,(H,44,47)(H,45,49). The fourth-order valence-corrected chi connectivity index (χ4v) is 7.12. The monoisotopic (exact) mass is 773 g/mol. The lowest BCUT2D eigenvalue weighted by atomic mass is 9.76. The Kier molecular flexibility index (Phi) is 13.8. The molecule has 12 heteroatoms. The zero-order valence-electron chi connectivity index (χ0n) is 33.7. The Bertz CT molecular complexity index is 2150. The molecule has 2 N–H and O–H groups in total. The highest BCUT2D eigenvalue weighted by Gasteiger charge is 2.41. The van der Waals surface area contributed by atoms with Gasteiger partial charge in [0.05, 0.1) is 29.5 Å². The fourth-order valence-electron chi connectivity index (χ4n) is 6.15. The van der Waals surface area contributed by atoms with Crippen molar-refractivity contribution in [3.8, 4) is 11.5 Å². The van der Waals surface area contributed by atoms with Crippen molar-refractivity contribution in [2.24, 2.45) is 0 Å². The quantitative estimate of drug-likeness (QED) is 0.0752. The van der Waals surface area contributed by atoms with E-state index in [1.165, 1.54) is 42.6 Å². The van der Waals surface area contributed by atoms with Gasteiger partial charge < -0.3 is 24.5 Å². The molecule has 3 aromatic carbocycles. The van der Waals surface area contributed by atoms with E-state index in [0.717, 1.165) is 24.2 Å². The highest BCUT2D eigenvalue weighted by Crippen LogP contribution is 2.39. The van der Waals surface area contributed by atoms with Crippen LogP contribution in [0.25, 0.3) is 11.0 Å². The van der Waals surface area contributed by atoms with Gasteiger partial charge in [0, 0.05) is 17.7 Å². The molecule has 0 radical (unpaired) electrons. The molecule has 0 saturated heterocycles. The number of fused-ring (bicyclic) bond motifs is 1. The van der Waals surface area contributed by atoms with Crippen LogP contribution in [0.3, 0.4) is 0 Å². The molecule has 0 aliphatic heterocycles. The second-order valence-electron chi connectivity index (χ2n) is 15.3. The number of thioether (sulfide) groups is 1.